The SMILES string of the molecule is Cc1sc(NC(=O)/C=C/c2ccco2)nc1-c1ccc(Br)cc1. The second-order valence-corrected chi connectivity index (χ2v) is 6.89. The van der Waals surface area contributed by atoms with Gasteiger partial charge in [0.25, 0.3) is 0 Å². The van der Waals surface area contributed by atoms with Gasteiger partial charge in [-0.3, -0.25) is 10.1 Å². The van der Waals surface area contributed by atoms with Crippen molar-refractivity contribution in [3.05, 3.63) is 63.8 Å². The van der Waals surface area contributed by atoms with Crippen molar-refractivity contribution in [2.75, 3.05) is 5.32 Å². The number of aryl methyl sites for hydroxylation is 1. The molecule has 1 aromatic carbocycles. The van der Waals surface area contributed by atoms with Gasteiger partial charge < -0.3 is 4.42 Å². The Morgan fingerprint density at radius 2 is 2.09 bits per heavy atom. The van der Waals surface area contributed by atoms with E-state index in [9.17, 15) is 4.79 Å². The van der Waals surface area contributed by atoms with Crippen LogP contribution in [-0.4, -0.2) is 10.9 Å². The molecule has 0 aliphatic rings. The van der Waals surface area contributed by atoms with Crippen molar-refractivity contribution in [1.29, 1.82) is 0 Å². The summed E-state index contributed by atoms with van der Waals surface area (Å²) >= 11 is 4.87. The van der Waals surface area contributed by atoms with Crippen LogP contribution in [0, 0.1) is 6.92 Å². The molecule has 0 radical (unpaired) electrons. The molecule has 116 valence electrons. The minimum Gasteiger partial charge on any atom is -0.465 e. The zero-order valence-corrected chi connectivity index (χ0v) is 14.6. The van der Waals surface area contributed by atoms with Gasteiger partial charge in [-0.2, -0.15) is 0 Å². The molecule has 0 aliphatic heterocycles. The summed E-state index contributed by atoms with van der Waals surface area (Å²) in [5.74, 6) is 0.392. The zero-order valence-electron chi connectivity index (χ0n) is 12.2. The van der Waals surface area contributed by atoms with E-state index < -0.39 is 0 Å². The molecular weight excluding hydrogens is 376 g/mol. The number of halogens is 1. The summed E-state index contributed by atoms with van der Waals surface area (Å²) in [7, 11) is 0. The summed E-state index contributed by atoms with van der Waals surface area (Å²) in [5, 5.41) is 3.36. The van der Waals surface area contributed by atoms with Crippen molar-refractivity contribution >= 4 is 44.4 Å². The Morgan fingerprint density at radius 3 is 2.78 bits per heavy atom. The number of hydrogen-bond donors (Lipinski definition) is 1. The van der Waals surface area contributed by atoms with E-state index in [0.29, 0.717) is 10.9 Å². The number of benzene rings is 1. The molecule has 0 fully saturated rings. The molecule has 23 heavy (non-hydrogen) atoms. The van der Waals surface area contributed by atoms with Gasteiger partial charge in [0.1, 0.15) is 5.76 Å². The monoisotopic (exact) mass is 388 g/mol. The number of furan rings is 1. The fourth-order valence-corrected chi connectivity index (χ4v) is 3.12. The van der Waals surface area contributed by atoms with Crippen LogP contribution in [0.25, 0.3) is 17.3 Å². The average molecular weight is 389 g/mol. The molecule has 0 aliphatic carbocycles. The molecule has 0 unspecified atom stereocenters. The number of anilines is 1. The quantitative estimate of drug-likeness (QED) is 0.630. The van der Waals surface area contributed by atoms with Crippen molar-refractivity contribution in [3.8, 4) is 11.3 Å². The minimum atomic E-state index is -0.238. The van der Waals surface area contributed by atoms with E-state index in [4.69, 9.17) is 4.42 Å². The van der Waals surface area contributed by atoms with E-state index in [0.717, 1.165) is 20.6 Å². The molecule has 0 bridgehead atoms. The number of rotatable bonds is 4. The van der Waals surface area contributed by atoms with Gasteiger partial charge in [-0.15, -0.1) is 11.3 Å². The lowest BCUT2D eigenvalue weighted by Crippen LogP contribution is -2.07. The number of thiazole rings is 1. The maximum Gasteiger partial charge on any atom is 0.250 e. The second kappa shape index (κ2) is 6.93. The lowest BCUT2D eigenvalue weighted by molar-refractivity contribution is -0.111. The minimum absolute atomic E-state index is 0.238. The number of amides is 1. The van der Waals surface area contributed by atoms with Gasteiger partial charge in [0.2, 0.25) is 5.91 Å². The summed E-state index contributed by atoms with van der Waals surface area (Å²) in [4.78, 5) is 17.5. The molecule has 0 spiro atoms. The Kier molecular flexibility index (Phi) is 4.73. The number of nitrogens with zero attached hydrogens (tertiary/aromatic N) is 1. The third kappa shape index (κ3) is 3.97. The van der Waals surface area contributed by atoms with E-state index in [2.05, 4.69) is 26.2 Å². The molecule has 6 heteroatoms. The zero-order chi connectivity index (χ0) is 16.2. The highest BCUT2D eigenvalue weighted by molar-refractivity contribution is 9.10. The highest BCUT2D eigenvalue weighted by atomic mass is 79.9. The van der Waals surface area contributed by atoms with Gasteiger partial charge >= 0.3 is 0 Å². The maximum absolute atomic E-state index is 11.9. The van der Waals surface area contributed by atoms with Crippen molar-refractivity contribution in [2.45, 2.75) is 6.92 Å². The van der Waals surface area contributed by atoms with E-state index in [-0.39, 0.29) is 5.91 Å². The lowest BCUT2D eigenvalue weighted by atomic mass is 10.1. The molecule has 2 aromatic heterocycles. The summed E-state index contributed by atoms with van der Waals surface area (Å²) in [5.41, 5.74) is 1.90. The molecule has 0 atom stereocenters. The first kappa shape index (κ1) is 15.7. The summed E-state index contributed by atoms with van der Waals surface area (Å²) in [6.45, 7) is 1.99. The predicted octanol–water partition coefficient (Wildman–Crippen LogP) is 5.13. The van der Waals surface area contributed by atoms with Crippen molar-refractivity contribution in [1.82, 2.24) is 4.98 Å². The first-order valence-corrected chi connectivity index (χ1v) is 8.49. The molecular formula is C17H13BrN2O2S. The molecule has 0 saturated heterocycles. The second-order valence-electron chi connectivity index (χ2n) is 4.77. The van der Waals surface area contributed by atoms with Crippen molar-refractivity contribution < 1.29 is 9.21 Å². The molecule has 2 heterocycles. The lowest BCUT2D eigenvalue weighted by Gasteiger charge is -1.98. The average Bonchev–Trinajstić information content (AvgIpc) is 3.16. The number of nitrogens with one attached hydrogen (secondary N) is 1. The molecule has 3 rings (SSSR count). The van der Waals surface area contributed by atoms with E-state index in [1.807, 2.05) is 31.2 Å². The first-order chi connectivity index (χ1) is 11.1. The first-order valence-electron chi connectivity index (χ1n) is 6.88. The van der Waals surface area contributed by atoms with Crippen LogP contribution in [0.2, 0.25) is 0 Å². The van der Waals surface area contributed by atoms with Crippen molar-refractivity contribution in [3.63, 3.8) is 0 Å². The van der Waals surface area contributed by atoms with Crippen LogP contribution < -0.4 is 5.32 Å². The van der Waals surface area contributed by atoms with Crippen LogP contribution >= 0.6 is 27.3 Å². The van der Waals surface area contributed by atoms with Gasteiger partial charge in [-0.1, -0.05) is 28.1 Å². The fraction of sp³-hybridized carbons (Fsp3) is 0.0588. The molecule has 0 saturated carbocycles. The van der Waals surface area contributed by atoms with Crippen LogP contribution in [0.15, 0.2) is 57.6 Å². The normalized spacial score (nSPS) is 11.0. The third-order valence-corrected chi connectivity index (χ3v) is 4.50. The largest absolute Gasteiger partial charge is 0.465 e. The standard InChI is InChI=1S/C17H13BrN2O2S/c1-11-16(12-4-6-13(18)7-5-12)20-17(23-11)19-15(21)9-8-14-3-2-10-22-14/h2-10H,1H3,(H,19,20,21)/b9-8+. The molecule has 1 N–H and O–H groups in total. The van der Waals surface area contributed by atoms with E-state index >= 15 is 0 Å². The number of carbonyl (C=O) groups is 1. The van der Waals surface area contributed by atoms with Gasteiger partial charge in [-0.25, -0.2) is 4.98 Å². The summed E-state index contributed by atoms with van der Waals surface area (Å²) in [6, 6.07) is 11.5. The maximum atomic E-state index is 11.9. The van der Waals surface area contributed by atoms with E-state index in [1.54, 1.807) is 24.5 Å². The molecule has 1 amide bonds. The number of hydrogen-bond acceptors (Lipinski definition) is 4. The van der Waals surface area contributed by atoms with Gasteiger partial charge in [0.05, 0.1) is 12.0 Å². The third-order valence-electron chi connectivity index (χ3n) is 3.09. The molecule has 4 nitrogen and oxygen atoms in total. The van der Waals surface area contributed by atoms with Crippen LogP contribution in [0.5, 0.6) is 0 Å². The van der Waals surface area contributed by atoms with Crippen molar-refractivity contribution in [2.24, 2.45) is 0 Å². The highest BCUT2D eigenvalue weighted by Gasteiger charge is 2.11. The highest BCUT2D eigenvalue weighted by Crippen LogP contribution is 2.31. The molecule has 3 aromatic rings. The predicted molar refractivity (Wildman–Crippen MR) is 96.4 cm³/mol. The Labute approximate surface area is 146 Å². The summed E-state index contributed by atoms with van der Waals surface area (Å²) in [6.07, 6.45) is 4.60. The van der Waals surface area contributed by atoms with E-state index in [1.165, 1.54) is 17.4 Å². The Hall–Kier alpha value is -2.18. The number of aromatic nitrogens is 1. The Bertz CT molecular complexity index is 836. The van der Waals surface area contributed by atoms with Crippen LogP contribution in [-0.2, 0) is 4.79 Å². The van der Waals surface area contributed by atoms with Crippen LogP contribution in [0.4, 0.5) is 5.13 Å². The van der Waals surface area contributed by atoms with Gasteiger partial charge in [-0.05, 0) is 37.3 Å². The van der Waals surface area contributed by atoms with Crippen LogP contribution in [0.3, 0.4) is 0 Å². The Morgan fingerprint density at radius 1 is 1.30 bits per heavy atom. The number of carbonyl (C=O) groups excluding carboxylic acids is 1. The van der Waals surface area contributed by atoms with Gasteiger partial charge in [0.15, 0.2) is 5.13 Å². The summed E-state index contributed by atoms with van der Waals surface area (Å²) < 4.78 is 6.16. The van der Waals surface area contributed by atoms with Gasteiger partial charge in [0, 0.05) is 21.0 Å². The topological polar surface area (TPSA) is 55.1 Å². The Balaban J connectivity index is 1.73. The van der Waals surface area contributed by atoms with Crippen LogP contribution in [0.1, 0.15) is 10.6 Å². The smallest absolute Gasteiger partial charge is 0.250 e. The fourth-order valence-electron chi connectivity index (χ4n) is 2.02.